The number of hydrogen-bond donors (Lipinski definition) is 1. The van der Waals surface area contributed by atoms with E-state index in [0.29, 0.717) is 0 Å². The van der Waals surface area contributed by atoms with E-state index in [9.17, 15) is 4.39 Å². The monoisotopic (exact) mass is 277 g/mol. The fraction of sp³-hybridized carbons (Fsp3) is 0.286. The Morgan fingerprint density at radius 1 is 1.26 bits per heavy atom. The lowest BCUT2D eigenvalue weighted by Gasteiger charge is -2.12. The van der Waals surface area contributed by atoms with Crippen LogP contribution in [0, 0.1) is 5.82 Å². The minimum atomic E-state index is -0.224. The molecular formula is C14H13ClFN3. The van der Waals surface area contributed by atoms with Crippen LogP contribution in [0.4, 0.5) is 10.2 Å². The number of nitrogens with one attached hydrogen (secondary N) is 1. The van der Waals surface area contributed by atoms with E-state index in [2.05, 4.69) is 15.3 Å². The van der Waals surface area contributed by atoms with E-state index >= 15 is 0 Å². The zero-order valence-corrected chi connectivity index (χ0v) is 11.2. The van der Waals surface area contributed by atoms with Crippen molar-refractivity contribution < 1.29 is 4.39 Å². The first kappa shape index (κ1) is 12.4. The van der Waals surface area contributed by atoms with Gasteiger partial charge in [0.25, 0.3) is 0 Å². The van der Waals surface area contributed by atoms with Gasteiger partial charge >= 0.3 is 0 Å². The first-order chi connectivity index (χ1) is 9.19. The summed E-state index contributed by atoms with van der Waals surface area (Å²) >= 11 is 5.96. The van der Waals surface area contributed by atoms with Crippen LogP contribution in [-0.4, -0.2) is 17.0 Å². The highest BCUT2D eigenvalue weighted by Gasteiger charge is 2.28. The Labute approximate surface area is 115 Å². The molecule has 0 amide bonds. The Hall–Kier alpha value is -1.68. The molecular weight excluding hydrogens is 265 g/mol. The number of rotatable bonds is 2. The summed E-state index contributed by atoms with van der Waals surface area (Å²) in [6, 6.07) is 6.58. The maximum atomic E-state index is 13.0. The molecule has 1 atom stereocenters. The molecule has 0 saturated heterocycles. The van der Waals surface area contributed by atoms with Crippen molar-refractivity contribution in [2.45, 2.75) is 18.8 Å². The third kappa shape index (κ3) is 2.16. The van der Waals surface area contributed by atoms with Crippen molar-refractivity contribution in [3.05, 3.63) is 52.2 Å². The molecule has 2 aromatic rings. The molecule has 0 fully saturated rings. The summed E-state index contributed by atoms with van der Waals surface area (Å²) < 4.78 is 13.0. The number of fused-ring (bicyclic) bond motifs is 1. The molecule has 0 radical (unpaired) electrons. The van der Waals surface area contributed by atoms with E-state index in [1.807, 2.05) is 19.2 Å². The number of anilines is 1. The zero-order chi connectivity index (χ0) is 13.4. The van der Waals surface area contributed by atoms with Gasteiger partial charge in [-0.15, -0.1) is 0 Å². The maximum absolute atomic E-state index is 13.0. The average molecular weight is 278 g/mol. The number of halogens is 2. The second-order valence-corrected chi connectivity index (χ2v) is 4.94. The Morgan fingerprint density at radius 2 is 2.00 bits per heavy atom. The molecule has 0 unspecified atom stereocenters. The summed E-state index contributed by atoms with van der Waals surface area (Å²) in [5, 5.41) is 3.30. The van der Waals surface area contributed by atoms with Gasteiger partial charge < -0.3 is 5.32 Å². The summed E-state index contributed by atoms with van der Waals surface area (Å²) in [5.41, 5.74) is 3.13. The summed E-state index contributed by atoms with van der Waals surface area (Å²) in [5.74, 6) is 0.737. The minimum absolute atomic E-state index is 0.170. The van der Waals surface area contributed by atoms with Gasteiger partial charge in [-0.05, 0) is 42.1 Å². The second-order valence-electron chi connectivity index (χ2n) is 4.60. The molecule has 0 saturated carbocycles. The molecule has 0 aliphatic heterocycles. The third-order valence-corrected chi connectivity index (χ3v) is 3.70. The van der Waals surface area contributed by atoms with Crippen molar-refractivity contribution >= 4 is 17.4 Å². The minimum Gasteiger partial charge on any atom is -0.373 e. The van der Waals surface area contributed by atoms with E-state index in [0.717, 1.165) is 35.5 Å². The molecule has 1 aromatic heterocycles. The Balaban J connectivity index is 2.06. The lowest BCUT2D eigenvalue weighted by Crippen LogP contribution is -2.04. The maximum Gasteiger partial charge on any atom is 0.224 e. The lowest BCUT2D eigenvalue weighted by molar-refractivity contribution is 0.625. The quantitative estimate of drug-likeness (QED) is 0.855. The Kier molecular flexibility index (Phi) is 3.11. The third-order valence-electron chi connectivity index (χ3n) is 3.53. The largest absolute Gasteiger partial charge is 0.373 e. The van der Waals surface area contributed by atoms with Gasteiger partial charge in [-0.3, -0.25) is 0 Å². The second kappa shape index (κ2) is 4.78. The normalized spacial score (nSPS) is 17.3. The number of aromatic nitrogens is 2. The number of hydrogen-bond acceptors (Lipinski definition) is 3. The fourth-order valence-corrected chi connectivity index (χ4v) is 2.84. The summed E-state index contributed by atoms with van der Waals surface area (Å²) in [4.78, 5) is 8.55. The standard InChI is InChI=1S/C14H13ClFN3/c1-17-13-11-7-6-10(12(11)18-14(15)19-13)8-2-4-9(16)5-3-8/h2-5,10H,6-7H2,1H3,(H,17,18,19)/t10-/m0/s1. The average Bonchev–Trinajstić information content (AvgIpc) is 2.82. The van der Waals surface area contributed by atoms with Crippen molar-refractivity contribution in [2.24, 2.45) is 0 Å². The van der Waals surface area contributed by atoms with Crippen LogP contribution in [0.15, 0.2) is 24.3 Å². The van der Waals surface area contributed by atoms with Crippen molar-refractivity contribution in [3.8, 4) is 0 Å². The van der Waals surface area contributed by atoms with Gasteiger partial charge in [-0.25, -0.2) is 14.4 Å². The predicted molar refractivity (Wildman–Crippen MR) is 73.2 cm³/mol. The smallest absolute Gasteiger partial charge is 0.224 e. The predicted octanol–water partition coefficient (Wildman–Crippen LogP) is 3.39. The van der Waals surface area contributed by atoms with Gasteiger partial charge in [0.15, 0.2) is 0 Å². The number of benzene rings is 1. The van der Waals surface area contributed by atoms with Gasteiger partial charge in [-0.1, -0.05) is 12.1 Å². The van der Waals surface area contributed by atoms with E-state index in [-0.39, 0.29) is 17.0 Å². The topological polar surface area (TPSA) is 37.8 Å². The van der Waals surface area contributed by atoms with Crippen LogP contribution in [0.5, 0.6) is 0 Å². The van der Waals surface area contributed by atoms with Crippen LogP contribution in [0.25, 0.3) is 0 Å². The van der Waals surface area contributed by atoms with Crippen LogP contribution in [0.3, 0.4) is 0 Å². The molecule has 3 rings (SSSR count). The molecule has 1 aliphatic rings. The summed E-state index contributed by atoms with van der Waals surface area (Å²) in [6.07, 6.45) is 1.86. The highest BCUT2D eigenvalue weighted by molar-refractivity contribution is 6.28. The lowest BCUT2D eigenvalue weighted by atomic mass is 9.97. The Morgan fingerprint density at radius 3 is 2.68 bits per heavy atom. The van der Waals surface area contributed by atoms with Crippen LogP contribution >= 0.6 is 11.6 Å². The highest BCUT2D eigenvalue weighted by atomic mass is 35.5. The molecule has 1 heterocycles. The van der Waals surface area contributed by atoms with Gasteiger partial charge in [-0.2, -0.15) is 0 Å². The Bertz CT molecular complexity index is 613. The molecule has 1 aliphatic carbocycles. The molecule has 98 valence electrons. The summed E-state index contributed by atoms with van der Waals surface area (Å²) in [6.45, 7) is 0. The first-order valence-corrected chi connectivity index (χ1v) is 6.56. The van der Waals surface area contributed by atoms with Gasteiger partial charge in [0, 0.05) is 18.5 Å². The molecule has 0 bridgehead atoms. The van der Waals surface area contributed by atoms with E-state index < -0.39 is 0 Å². The van der Waals surface area contributed by atoms with Crippen LogP contribution in [0.1, 0.15) is 29.2 Å². The molecule has 1 N–H and O–H groups in total. The van der Waals surface area contributed by atoms with Gasteiger partial charge in [0.2, 0.25) is 5.28 Å². The van der Waals surface area contributed by atoms with E-state index in [1.54, 1.807) is 0 Å². The molecule has 0 spiro atoms. The van der Waals surface area contributed by atoms with Crippen molar-refractivity contribution in [2.75, 3.05) is 12.4 Å². The zero-order valence-electron chi connectivity index (χ0n) is 10.5. The highest BCUT2D eigenvalue weighted by Crippen LogP contribution is 2.39. The molecule has 1 aromatic carbocycles. The molecule has 3 nitrogen and oxygen atoms in total. The molecule has 5 heteroatoms. The van der Waals surface area contributed by atoms with E-state index in [1.165, 1.54) is 12.1 Å². The van der Waals surface area contributed by atoms with Crippen LogP contribution in [-0.2, 0) is 6.42 Å². The van der Waals surface area contributed by atoms with Crippen LogP contribution in [0.2, 0.25) is 5.28 Å². The first-order valence-electron chi connectivity index (χ1n) is 6.18. The van der Waals surface area contributed by atoms with E-state index in [4.69, 9.17) is 11.6 Å². The van der Waals surface area contributed by atoms with Crippen LogP contribution < -0.4 is 5.32 Å². The van der Waals surface area contributed by atoms with Gasteiger partial charge in [0.1, 0.15) is 11.6 Å². The SMILES string of the molecule is CNc1nc(Cl)nc2c1CC[C@H]2c1ccc(F)cc1. The summed E-state index contributed by atoms with van der Waals surface area (Å²) in [7, 11) is 1.82. The van der Waals surface area contributed by atoms with Crippen molar-refractivity contribution in [1.82, 2.24) is 9.97 Å². The number of nitrogens with zero attached hydrogens (tertiary/aromatic N) is 2. The van der Waals surface area contributed by atoms with Crippen molar-refractivity contribution in [3.63, 3.8) is 0 Å². The van der Waals surface area contributed by atoms with Crippen molar-refractivity contribution in [1.29, 1.82) is 0 Å². The molecule has 19 heavy (non-hydrogen) atoms. The fourth-order valence-electron chi connectivity index (χ4n) is 2.66. The van der Waals surface area contributed by atoms with Gasteiger partial charge in [0.05, 0.1) is 5.69 Å².